The lowest BCUT2D eigenvalue weighted by molar-refractivity contribution is -0.114. The zero-order valence-electron chi connectivity index (χ0n) is 13.7. The number of aliphatic hydroxyl groups excluding tert-OH is 1. The summed E-state index contributed by atoms with van der Waals surface area (Å²) in [6.07, 6.45) is 1.73. The Bertz CT molecular complexity index is 724. The third-order valence-electron chi connectivity index (χ3n) is 4.29. The summed E-state index contributed by atoms with van der Waals surface area (Å²) in [4.78, 5) is 24.5. The van der Waals surface area contributed by atoms with Crippen molar-refractivity contribution < 1.29 is 34.4 Å². The Kier molecular flexibility index (Phi) is 4.78. The quantitative estimate of drug-likeness (QED) is 0.477. The van der Waals surface area contributed by atoms with E-state index >= 15 is 0 Å². The number of esters is 1. The van der Waals surface area contributed by atoms with Crippen LogP contribution in [-0.4, -0.2) is 51.5 Å². The second kappa shape index (κ2) is 6.85. The van der Waals surface area contributed by atoms with Crippen molar-refractivity contribution in [3.8, 4) is 11.5 Å². The van der Waals surface area contributed by atoms with Crippen molar-refractivity contribution in [3.63, 3.8) is 0 Å². The van der Waals surface area contributed by atoms with E-state index in [2.05, 4.69) is 0 Å². The number of fused-ring (bicyclic) bond motifs is 2. The number of carbonyl (C=O) groups excluding carboxylic acids is 2. The first kappa shape index (κ1) is 17.4. The number of ether oxygens (including phenoxy) is 2. The standard InChI is InChI=1S/C18H20O7/c1-9-4-15-16(25-15)8-12(20)3-2-11(19)5-10-6-13(21)7-14(22)17(10)18(23)24-9/h2-3,6-7,9,12,15-16,20-22H,4-5,8H2,1H3/b3-2-/t9-,12-,15-,16-/m1/s1. The molecular formula is C18H20O7. The van der Waals surface area contributed by atoms with Crippen molar-refractivity contribution in [2.45, 2.75) is 50.6 Å². The number of ketones is 1. The molecule has 2 aliphatic rings. The maximum absolute atomic E-state index is 12.4. The first-order chi connectivity index (χ1) is 11.8. The molecule has 1 fully saturated rings. The minimum absolute atomic E-state index is 0.114. The lowest BCUT2D eigenvalue weighted by Gasteiger charge is -2.16. The van der Waals surface area contributed by atoms with Crippen LogP contribution in [0.25, 0.3) is 0 Å². The number of cyclic esters (lactones) is 1. The zero-order valence-corrected chi connectivity index (χ0v) is 13.7. The Hall–Kier alpha value is -2.38. The van der Waals surface area contributed by atoms with Gasteiger partial charge in [-0.3, -0.25) is 4.79 Å². The number of aliphatic hydroxyl groups is 1. The van der Waals surface area contributed by atoms with Gasteiger partial charge >= 0.3 is 5.97 Å². The van der Waals surface area contributed by atoms with Gasteiger partial charge in [-0.25, -0.2) is 4.79 Å². The number of allylic oxidation sites excluding steroid dienone is 1. The van der Waals surface area contributed by atoms with Crippen LogP contribution in [0.1, 0.15) is 35.7 Å². The van der Waals surface area contributed by atoms with Crippen molar-refractivity contribution in [3.05, 3.63) is 35.4 Å². The van der Waals surface area contributed by atoms with Crippen molar-refractivity contribution in [2.75, 3.05) is 0 Å². The summed E-state index contributed by atoms with van der Waals surface area (Å²) in [6, 6.07) is 2.27. The molecule has 2 aliphatic heterocycles. The Labute approximate surface area is 144 Å². The molecule has 134 valence electrons. The number of phenolic OH excluding ortho intramolecular Hbond substituents is 2. The fourth-order valence-corrected chi connectivity index (χ4v) is 3.04. The summed E-state index contributed by atoms with van der Waals surface area (Å²) in [5.41, 5.74) is 0.0220. The van der Waals surface area contributed by atoms with E-state index in [4.69, 9.17) is 9.47 Å². The molecule has 1 aromatic carbocycles. The van der Waals surface area contributed by atoms with Crippen molar-refractivity contribution >= 4 is 11.8 Å². The van der Waals surface area contributed by atoms with Gasteiger partial charge in [0.15, 0.2) is 5.78 Å². The maximum atomic E-state index is 12.4. The van der Waals surface area contributed by atoms with E-state index in [1.165, 1.54) is 18.2 Å². The molecule has 0 saturated carbocycles. The Morgan fingerprint density at radius 3 is 2.60 bits per heavy atom. The summed E-state index contributed by atoms with van der Waals surface area (Å²) in [5.74, 6) is -1.84. The fraction of sp³-hybridized carbons (Fsp3) is 0.444. The topological polar surface area (TPSA) is 117 Å². The molecule has 0 aliphatic carbocycles. The van der Waals surface area contributed by atoms with Crippen molar-refractivity contribution in [1.82, 2.24) is 0 Å². The van der Waals surface area contributed by atoms with Crippen LogP contribution in [0.15, 0.2) is 24.3 Å². The normalized spacial score (nSPS) is 31.3. The SMILES string of the molecule is C[C@@H]1C[C@H]2O[C@@H]2C[C@H](O)/C=C\C(=O)Cc2cc(O)cc(O)c2C(=O)O1. The fourth-order valence-electron chi connectivity index (χ4n) is 3.04. The molecule has 1 saturated heterocycles. The van der Waals surface area contributed by atoms with Gasteiger partial charge in [0.05, 0.1) is 18.3 Å². The summed E-state index contributed by atoms with van der Waals surface area (Å²) in [7, 11) is 0. The van der Waals surface area contributed by atoms with E-state index in [1.54, 1.807) is 6.92 Å². The molecule has 25 heavy (non-hydrogen) atoms. The average Bonchev–Trinajstić information content (AvgIpc) is 3.20. The molecule has 0 aromatic heterocycles. The molecule has 4 atom stereocenters. The van der Waals surface area contributed by atoms with Crippen LogP contribution >= 0.6 is 0 Å². The lowest BCUT2D eigenvalue weighted by atomic mass is 9.99. The predicted molar refractivity (Wildman–Crippen MR) is 86.4 cm³/mol. The molecule has 3 rings (SSSR count). The molecule has 0 spiro atoms. The summed E-state index contributed by atoms with van der Waals surface area (Å²) in [6.45, 7) is 1.71. The van der Waals surface area contributed by atoms with Crippen LogP contribution in [0.5, 0.6) is 11.5 Å². The zero-order chi connectivity index (χ0) is 18.1. The Balaban J connectivity index is 1.94. The van der Waals surface area contributed by atoms with Gasteiger partial charge in [0, 0.05) is 25.3 Å². The van der Waals surface area contributed by atoms with Gasteiger partial charge in [0.25, 0.3) is 0 Å². The minimum Gasteiger partial charge on any atom is -0.508 e. The summed E-state index contributed by atoms with van der Waals surface area (Å²) < 4.78 is 10.8. The second-order valence-electron chi connectivity index (χ2n) is 6.47. The van der Waals surface area contributed by atoms with Crippen LogP contribution in [0, 0.1) is 0 Å². The van der Waals surface area contributed by atoms with Crippen LogP contribution in [-0.2, 0) is 20.7 Å². The highest BCUT2D eigenvalue weighted by molar-refractivity contribution is 5.98. The first-order valence-electron chi connectivity index (χ1n) is 8.14. The number of epoxide rings is 1. The van der Waals surface area contributed by atoms with Gasteiger partial charge in [0.1, 0.15) is 23.2 Å². The monoisotopic (exact) mass is 348 g/mol. The van der Waals surface area contributed by atoms with Crippen LogP contribution in [0.3, 0.4) is 0 Å². The molecule has 0 bridgehead atoms. The lowest BCUT2D eigenvalue weighted by Crippen LogP contribution is -2.20. The summed E-state index contributed by atoms with van der Waals surface area (Å²) in [5, 5.41) is 29.6. The number of aromatic hydroxyl groups is 2. The molecule has 7 heteroatoms. The molecule has 1 aromatic rings. The van der Waals surface area contributed by atoms with Crippen LogP contribution in [0.4, 0.5) is 0 Å². The molecular weight excluding hydrogens is 328 g/mol. The van der Waals surface area contributed by atoms with E-state index in [-0.39, 0.29) is 41.3 Å². The second-order valence-corrected chi connectivity index (χ2v) is 6.47. The number of hydrogen-bond acceptors (Lipinski definition) is 7. The van der Waals surface area contributed by atoms with Crippen LogP contribution < -0.4 is 0 Å². The van der Waals surface area contributed by atoms with Crippen molar-refractivity contribution in [1.29, 1.82) is 0 Å². The number of carbonyl (C=O) groups is 2. The number of hydrogen-bond donors (Lipinski definition) is 3. The molecule has 0 amide bonds. The number of rotatable bonds is 0. The minimum atomic E-state index is -0.809. The highest BCUT2D eigenvalue weighted by atomic mass is 16.6. The third kappa shape index (κ3) is 4.18. The van der Waals surface area contributed by atoms with Gasteiger partial charge in [-0.2, -0.15) is 0 Å². The molecule has 7 nitrogen and oxygen atoms in total. The Morgan fingerprint density at radius 1 is 1.12 bits per heavy atom. The summed E-state index contributed by atoms with van der Waals surface area (Å²) >= 11 is 0. The molecule has 3 N–H and O–H groups in total. The largest absolute Gasteiger partial charge is 0.508 e. The molecule has 0 unspecified atom stereocenters. The maximum Gasteiger partial charge on any atom is 0.342 e. The molecule has 0 radical (unpaired) electrons. The van der Waals surface area contributed by atoms with Gasteiger partial charge in [-0.15, -0.1) is 0 Å². The van der Waals surface area contributed by atoms with Gasteiger partial charge in [-0.05, 0) is 24.6 Å². The van der Waals surface area contributed by atoms with E-state index in [0.29, 0.717) is 12.8 Å². The smallest absolute Gasteiger partial charge is 0.342 e. The first-order valence-corrected chi connectivity index (χ1v) is 8.14. The van der Waals surface area contributed by atoms with E-state index in [1.807, 2.05) is 0 Å². The average molecular weight is 348 g/mol. The Morgan fingerprint density at radius 2 is 1.84 bits per heavy atom. The molecule has 2 heterocycles. The number of benzene rings is 1. The predicted octanol–water partition coefficient (Wildman–Crippen LogP) is 1.23. The van der Waals surface area contributed by atoms with E-state index < -0.39 is 23.9 Å². The van der Waals surface area contributed by atoms with Gasteiger partial charge in [-0.1, -0.05) is 6.08 Å². The third-order valence-corrected chi connectivity index (χ3v) is 4.29. The highest BCUT2D eigenvalue weighted by Crippen LogP contribution is 2.33. The van der Waals surface area contributed by atoms with E-state index in [9.17, 15) is 24.9 Å². The highest BCUT2D eigenvalue weighted by Gasteiger charge is 2.41. The van der Waals surface area contributed by atoms with Gasteiger partial charge in [0.2, 0.25) is 0 Å². The number of phenols is 2. The van der Waals surface area contributed by atoms with E-state index in [0.717, 1.165) is 6.07 Å². The van der Waals surface area contributed by atoms with Crippen LogP contribution in [0.2, 0.25) is 0 Å². The van der Waals surface area contributed by atoms with Gasteiger partial charge < -0.3 is 24.8 Å². The van der Waals surface area contributed by atoms with Crippen molar-refractivity contribution in [2.24, 2.45) is 0 Å².